The molecule has 3 rings (SSSR count). The van der Waals surface area contributed by atoms with Crippen molar-refractivity contribution in [3.05, 3.63) is 70.7 Å². The standard InChI is InChI=1S/C20H19N3O3S/c1-13-5-3-6-15(11-13)26-12-19(24)22-23-20(25)16-8-9-17(21-14(16)2)18-7-4-10-27-18/h3-11H,12H2,1-2H3,(H,22,24)(H,23,25). The van der Waals surface area contributed by atoms with Crippen molar-refractivity contribution in [2.24, 2.45) is 0 Å². The van der Waals surface area contributed by atoms with Crippen molar-refractivity contribution in [1.82, 2.24) is 15.8 Å². The molecule has 0 fully saturated rings. The Morgan fingerprint density at radius 1 is 1.07 bits per heavy atom. The molecule has 2 heterocycles. The number of thiophene rings is 1. The predicted octanol–water partition coefficient (Wildman–Crippen LogP) is 3.27. The minimum absolute atomic E-state index is 0.196. The number of ether oxygens (including phenoxy) is 1. The first kappa shape index (κ1) is 18.6. The minimum Gasteiger partial charge on any atom is -0.484 e. The van der Waals surface area contributed by atoms with Gasteiger partial charge in [-0.2, -0.15) is 0 Å². The van der Waals surface area contributed by atoms with E-state index in [9.17, 15) is 9.59 Å². The van der Waals surface area contributed by atoms with Crippen LogP contribution in [-0.4, -0.2) is 23.4 Å². The van der Waals surface area contributed by atoms with Crippen molar-refractivity contribution >= 4 is 23.2 Å². The third-order valence-electron chi connectivity index (χ3n) is 3.78. The highest BCUT2D eigenvalue weighted by Crippen LogP contribution is 2.23. The Balaban J connectivity index is 1.53. The van der Waals surface area contributed by atoms with Crippen LogP contribution in [-0.2, 0) is 4.79 Å². The molecule has 2 N–H and O–H groups in total. The van der Waals surface area contributed by atoms with Crippen molar-refractivity contribution < 1.29 is 14.3 Å². The van der Waals surface area contributed by atoms with Gasteiger partial charge in [-0.25, -0.2) is 0 Å². The molecule has 0 aliphatic rings. The van der Waals surface area contributed by atoms with Crippen LogP contribution in [0.1, 0.15) is 21.6 Å². The lowest BCUT2D eigenvalue weighted by atomic mass is 10.1. The number of carbonyl (C=O) groups is 2. The molecule has 1 aromatic carbocycles. The third kappa shape index (κ3) is 4.92. The molecule has 0 saturated heterocycles. The molecule has 7 heteroatoms. The molecule has 2 amide bonds. The Labute approximate surface area is 161 Å². The number of hydrogen-bond acceptors (Lipinski definition) is 5. The molecular formula is C20H19N3O3S. The van der Waals surface area contributed by atoms with Crippen molar-refractivity contribution in [2.45, 2.75) is 13.8 Å². The summed E-state index contributed by atoms with van der Waals surface area (Å²) < 4.78 is 5.39. The average molecular weight is 381 g/mol. The molecule has 2 aromatic heterocycles. The van der Waals surface area contributed by atoms with Gasteiger partial charge in [0, 0.05) is 0 Å². The van der Waals surface area contributed by atoms with Crippen LogP contribution < -0.4 is 15.6 Å². The summed E-state index contributed by atoms with van der Waals surface area (Å²) in [5.41, 5.74) is 7.57. The average Bonchev–Trinajstić information content (AvgIpc) is 3.19. The summed E-state index contributed by atoms with van der Waals surface area (Å²) in [5, 5.41) is 1.97. The Bertz CT molecular complexity index is 955. The molecule has 0 bridgehead atoms. The maximum absolute atomic E-state index is 12.3. The fourth-order valence-electron chi connectivity index (χ4n) is 2.45. The number of nitrogens with zero attached hydrogens (tertiary/aromatic N) is 1. The van der Waals surface area contributed by atoms with Crippen LogP contribution in [0.25, 0.3) is 10.6 Å². The van der Waals surface area contributed by atoms with Crippen LogP contribution in [0.5, 0.6) is 5.75 Å². The number of nitrogens with one attached hydrogen (secondary N) is 2. The van der Waals surface area contributed by atoms with E-state index in [0.717, 1.165) is 16.1 Å². The summed E-state index contributed by atoms with van der Waals surface area (Å²) in [6, 6.07) is 14.8. The van der Waals surface area contributed by atoms with E-state index in [1.165, 1.54) is 0 Å². The van der Waals surface area contributed by atoms with E-state index < -0.39 is 11.8 Å². The molecule has 6 nitrogen and oxygen atoms in total. The number of benzene rings is 1. The maximum Gasteiger partial charge on any atom is 0.276 e. The minimum atomic E-state index is -0.453. The Kier molecular flexibility index (Phi) is 5.83. The van der Waals surface area contributed by atoms with Gasteiger partial charge in [0.1, 0.15) is 5.75 Å². The molecule has 0 aliphatic carbocycles. The largest absolute Gasteiger partial charge is 0.484 e. The van der Waals surface area contributed by atoms with Crippen molar-refractivity contribution in [1.29, 1.82) is 0 Å². The van der Waals surface area contributed by atoms with Gasteiger partial charge in [0.25, 0.3) is 11.8 Å². The second kappa shape index (κ2) is 8.46. The SMILES string of the molecule is Cc1cccc(OCC(=O)NNC(=O)c2ccc(-c3cccs3)nc2C)c1. The van der Waals surface area contributed by atoms with Gasteiger partial charge in [0.15, 0.2) is 6.61 Å². The van der Waals surface area contributed by atoms with Crippen LogP contribution in [0.3, 0.4) is 0 Å². The van der Waals surface area contributed by atoms with Crippen LogP contribution in [0.4, 0.5) is 0 Å². The second-order valence-corrected chi connectivity index (χ2v) is 6.86. The predicted molar refractivity (Wildman–Crippen MR) is 105 cm³/mol. The van der Waals surface area contributed by atoms with Crippen molar-refractivity contribution in [3.63, 3.8) is 0 Å². The normalized spacial score (nSPS) is 10.3. The number of aryl methyl sites for hydroxylation is 2. The van der Waals surface area contributed by atoms with E-state index in [-0.39, 0.29) is 6.61 Å². The topological polar surface area (TPSA) is 80.3 Å². The van der Waals surface area contributed by atoms with Crippen molar-refractivity contribution in [3.8, 4) is 16.3 Å². The number of rotatable bonds is 5. The summed E-state index contributed by atoms with van der Waals surface area (Å²) in [5.74, 6) is -0.284. The lowest BCUT2D eigenvalue weighted by Gasteiger charge is -2.10. The second-order valence-electron chi connectivity index (χ2n) is 5.91. The molecule has 138 valence electrons. The van der Waals surface area contributed by atoms with Gasteiger partial charge >= 0.3 is 0 Å². The lowest BCUT2D eigenvalue weighted by Crippen LogP contribution is -2.44. The summed E-state index contributed by atoms with van der Waals surface area (Å²) in [4.78, 5) is 29.6. The van der Waals surface area contributed by atoms with Crippen LogP contribution in [0.2, 0.25) is 0 Å². The van der Waals surface area contributed by atoms with Gasteiger partial charge < -0.3 is 4.74 Å². The fraction of sp³-hybridized carbons (Fsp3) is 0.150. The van der Waals surface area contributed by atoms with E-state index in [2.05, 4.69) is 15.8 Å². The quantitative estimate of drug-likeness (QED) is 0.665. The summed E-state index contributed by atoms with van der Waals surface area (Å²) in [7, 11) is 0. The Morgan fingerprint density at radius 2 is 1.93 bits per heavy atom. The van der Waals surface area contributed by atoms with Gasteiger partial charge in [-0.05, 0) is 55.1 Å². The zero-order valence-corrected chi connectivity index (χ0v) is 15.8. The van der Waals surface area contributed by atoms with E-state index >= 15 is 0 Å². The van der Waals surface area contributed by atoms with E-state index in [4.69, 9.17) is 4.74 Å². The van der Waals surface area contributed by atoms with Crippen molar-refractivity contribution in [2.75, 3.05) is 6.61 Å². The van der Waals surface area contributed by atoms with Gasteiger partial charge in [-0.1, -0.05) is 18.2 Å². The molecule has 0 radical (unpaired) electrons. The fourth-order valence-corrected chi connectivity index (χ4v) is 3.14. The lowest BCUT2D eigenvalue weighted by molar-refractivity contribution is -0.123. The summed E-state index contributed by atoms with van der Waals surface area (Å²) in [6.45, 7) is 3.50. The zero-order valence-electron chi connectivity index (χ0n) is 15.0. The Morgan fingerprint density at radius 3 is 2.63 bits per heavy atom. The number of hydrogen-bond donors (Lipinski definition) is 2. The van der Waals surface area contributed by atoms with Gasteiger partial charge in [-0.15, -0.1) is 11.3 Å². The molecule has 0 aliphatic heterocycles. The summed E-state index contributed by atoms with van der Waals surface area (Å²) in [6.07, 6.45) is 0. The molecule has 0 unspecified atom stereocenters. The highest BCUT2D eigenvalue weighted by Gasteiger charge is 2.13. The number of amides is 2. The smallest absolute Gasteiger partial charge is 0.276 e. The molecule has 0 spiro atoms. The molecule has 27 heavy (non-hydrogen) atoms. The number of aromatic nitrogens is 1. The molecule has 0 saturated carbocycles. The number of carbonyl (C=O) groups excluding carboxylic acids is 2. The molecule has 3 aromatic rings. The molecule has 0 atom stereocenters. The number of pyridine rings is 1. The third-order valence-corrected chi connectivity index (χ3v) is 4.67. The van der Waals surface area contributed by atoms with Gasteiger partial charge in [0.05, 0.1) is 21.8 Å². The van der Waals surface area contributed by atoms with E-state index in [0.29, 0.717) is 17.0 Å². The zero-order chi connectivity index (χ0) is 19.2. The number of hydrazine groups is 1. The highest BCUT2D eigenvalue weighted by atomic mass is 32.1. The first-order valence-corrected chi connectivity index (χ1v) is 9.21. The molecular weight excluding hydrogens is 362 g/mol. The first-order chi connectivity index (χ1) is 13.0. The van der Waals surface area contributed by atoms with Gasteiger partial charge in [-0.3, -0.25) is 25.4 Å². The van der Waals surface area contributed by atoms with Crippen LogP contribution in [0.15, 0.2) is 53.9 Å². The van der Waals surface area contributed by atoms with Crippen LogP contribution >= 0.6 is 11.3 Å². The van der Waals surface area contributed by atoms with E-state index in [1.54, 1.807) is 36.5 Å². The highest BCUT2D eigenvalue weighted by molar-refractivity contribution is 7.13. The monoisotopic (exact) mass is 381 g/mol. The maximum atomic E-state index is 12.3. The Hall–Kier alpha value is -3.19. The first-order valence-electron chi connectivity index (χ1n) is 8.33. The van der Waals surface area contributed by atoms with Gasteiger partial charge in [0.2, 0.25) is 0 Å². The van der Waals surface area contributed by atoms with Crippen LogP contribution in [0, 0.1) is 13.8 Å². The summed E-state index contributed by atoms with van der Waals surface area (Å²) >= 11 is 1.58. The van der Waals surface area contributed by atoms with E-state index in [1.807, 2.05) is 42.6 Å².